The fraction of sp³-hybridized carbons (Fsp3) is 0.500. The zero-order valence-corrected chi connectivity index (χ0v) is 9.49. The number of hydrogen-bond acceptors (Lipinski definition) is 3. The molecule has 0 fully saturated rings. The highest BCUT2D eigenvalue weighted by Crippen LogP contribution is 2.27. The van der Waals surface area contributed by atoms with Gasteiger partial charge in [-0.1, -0.05) is 19.1 Å². The Hall–Kier alpha value is -1.06. The Morgan fingerprint density at radius 3 is 2.60 bits per heavy atom. The molecule has 0 bridgehead atoms. The number of aliphatic hydroxyl groups is 1. The van der Waals surface area contributed by atoms with Gasteiger partial charge in [-0.2, -0.15) is 0 Å². The topological polar surface area (TPSA) is 38.7 Å². The van der Waals surface area contributed by atoms with E-state index >= 15 is 0 Å². The van der Waals surface area contributed by atoms with Gasteiger partial charge in [-0.05, 0) is 24.1 Å². The van der Waals surface area contributed by atoms with Crippen molar-refractivity contribution in [2.75, 3.05) is 20.8 Å². The second-order valence-corrected chi connectivity index (χ2v) is 3.55. The molecule has 1 N–H and O–H groups in total. The number of benzene rings is 1. The van der Waals surface area contributed by atoms with E-state index in [1.165, 1.54) is 0 Å². The lowest BCUT2D eigenvalue weighted by atomic mass is 9.92. The molecule has 3 nitrogen and oxygen atoms in total. The van der Waals surface area contributed by atoms with Gasteiger partial charge in [0, 0.05) is 7.11 Å². The minimum Gasteiger partial charge on any atom is -0.497 e. The summed E-state index contributed by atoms with van der Waals surface area (Å²) in [5, 5.41) is 10.3. The monoisotopic (exact) mass is 210 g/mol. The maximum Gasteiger partial charge on any atom is 0.119 e. The summed E-state index contributed by atoms with van der Waals surface area (Å²) < 4.78 is 10.2. The Kier molecular flexibility index (Phi) is 4.12. The zero-order valence-electron chi connectivity index (χ0n) is 9.49. The molecule has 1 atom stereocenters. The highest BCUT2D eigenvalue weighted by Gasteiger charge is 2.27. The standard InChI is InChI=1S/C12H18O3/c1-4-12(13,9-14-2)10-6-5-7-11(8-10)15-3/h5-8,13H,4,9H2,1-3H3. The van der Waals surface area contributed by atoms with Gasteiger partial charge >= 0.3 is 0 Å². The van der Waals surface area contributed by atoms with Crippen LogP contribution in [-0.4, -0.2) is 25.9 Å². The SMILES string of the molecule is CCC(O)(COC)c1cccc(OC)c1. The highest BCUT2D eigenvalue weighted by molar-refractivity contribution is 5.32. The van der Waals surface area contributed by atoms with Gasteiger partial charge in [0.05, 0.1) is 13.7 Å². The third-order valence-electron chi connectivity index (χ3n) is 2.58. The van der Waals surface area contributed by atoms with Crippen LogP contribution in [0.4, 0.5) is 0 Å². The Morgan fingerprint density at radius 2 is 2.07 bits per heavy atom. The van der Waals surface area contributed by atoms with Crippen molar-refractivity contribution in [3.63, 3.8) is 0 Å². The van der Waals surface area contributed by atoms with E-state index in [0.717, 1.165) is 11.3 Å². The lowest BCUT2D eigenvalue weighted by Crippen LogP contribution is -2.30. The first-order valence-corrected chi connectivity index (χ1v) is 5.02. The lowest BCUT2D eigenvalue weighted by molar-refractivity contribution is -0.0387. The van der Waals surface area contributed by atoms with Crippen LogP contribution in [0.1, 0.15) is 18.9 Å². The quantitative estimate of drug-likeness (QED) is 0.807. The third-order valence-corrected chi connectivity index (χ3v) is 2.58. The normalized spacial score (nSPS) is 14.7. The fourth-order valence-corrected chi connectivity index (χ4v) is 1.54. The predicted molar refractivity (Wildman–Crippen MR) is 59.1 cm³/mol. The van der Waals surface area contributed by atoms with Gasteiger partial charge in [0.25, 0.3) is 0 Å². The van der Waals surface area contributed by atoms with Crippen LogP contribution in [0.15, 0.2) is 24.3 Å². The maximum absolute atomic E-state index is 10.3. The molecule has 3 heteroatoms. The molecule has 1 unspecified atom stereocenters. The molecule has 0 aliphatic carbocycles. The number of rotatable bonds is 5. The van der Waals surface area contributed by atoms with E-state index in [4.69, 9.17) is 9.47 Å². The van der Waals surface area contributed by atoms with Gasteiger partial charge in [-0.25, -0.2) is 0 Å². The van der Waals surface area contributed by atoms with Crippen molar-refractivity contribution in [3.05, 3.63) is 29.8 Å². The smallest absolute Gasteiger partial charge is 0.119 e. The van der Waals surface area contributed by atoms with Gasteiger partial charge in [0.15, 0.2) is 0 Å². The van der Waals surface area contributed by atoms with E-state index in [9.17, 15) is 5.11 Å². The molecule has 0 saturated heterocycles. The van der Waals surface area contributed by atoms with E-state index < -0.39 is 5.60 Å². The van der Waals surface area contributed by atoms with Crippen LogP contribution in [0, 0.1) is 0 Å². The number of methoxy groups -OCH3 is 2. The van der Waals surface area contributed by atoms with E-state index in [0.29, 0.717) is 6.42 Å². The Balaban J connectivity index is 3.00. The molecule has 15 heavy (non-hydrogen) atoms. The summed E-state index contributed by atoms with van der Waals surface area (Å²) in [5.74, 6) is 0.746. The Morgan fingerprint density at radius 1 is 1.33 bits per heavy atom. The van der Waals surface area contributed by atoms with Crippen molar-refractivity contribution in [2.24, 2.45) is 0 Å². The summed E-state index contributed by atoms with van der Waals surface area (Å²) in [6.07, 6.45) is 0.605. The van der Waals surface area contributed by atoms with E-state index in [1.54, 1.807) is 14.2 Å². The molecule has 1 rings (SSSR count). The first-order chi connectivity index (χ1) is 7.16. The van der Waals surface area contributed by atoms with Crippen molar-refractivity contribution in [1.29, 1.82) is 0 Å². The fourth-order valence-electron chi connectivity index (χ4n) is 1.54. The van der Waals surface area contributed by atoms with Gasteiger partial charge in [-0.3, -0.25) is 0 Å². The van der Waals surface area contributed by atoms with Crippen LogP contribution in [0.5, 0.6) is 5.75 Å². The number of ether oxygens (including phenoxy) is 2. The van der Waals surface area contributed by atoms with Crippen LogP contribution in [-0.2, 0) is 10.3 Å². The zero-order chi connectivity index (χ0) is 11.3. The second kappa shape index (κ2) is 5.14. The molecule has 0 amide bonds. The van der Waals surface area contributed by atoms with Crippen molar-refractivity contribution in [3.8, 4) is 5.75 Å². The minimum atomic E-state index is -0.927. The summed E-state index contributed by atoms with van der Waals surface area (Å²) in [7, 11) is 3.20. The van der Waals surface area contributed by atoms with E-state index in [-0.39, 0.29) is 6.61 Å². The summed E-state index contributed by atoms with van der Waals surface area (Å²) >= 11 is 0. The summed E-state index contributed by atoms with van der Waals surface area (Å²) in [4.78, 5) is 0. The molecular formula is C12H18O3. The average Bonchev–Trinajstić information content (AvgIpc) is 2.29. The first kappa shape index (κ1) is 12.0. The van der Waals surface area contributed by atoms with Gasteiger partial charge in [-0.15, -0.1) is 0 Å². The molecule has 0 heterocycles. The molecule has 84 valence electrons. The molecule has 0 saturated carbocycles. The predicted octanol–water partition coefficient (Wildman–Crippen LogP) is 1.94. The second-order valence-electron chi connectivity index (χ2n) is 3.55. The maximum atomic E-state index is 10.3. The van der Waals surface area contributed by atoms with Crippen LogP contribution in [0.3, 0.4) is 0 Å². The van der Waals surface area contributed by atoms with E-state index in [2.05, 4.69) is 0 Å². The highest BCUT2D eigenvalue weighted by atomic mass is 16.5. The molecule has 0 aliphatic rings. The van der Waals surface area contributed by atoms with Crippen molar-refractivity contribution >= 4 is 0 Å². The lowest BCUT2D eigenvalue weighted by Gasteiger charge is -2.26. The average molecular weight is 210 g/mol. The molecule has 0 radical (unpaired) electrons. The van der Waals surface area contributed by atoms with Crippen LogP contribution < -0.4 is 4.74 Å². The summed E-state index contributed by atoms with van der Waals surface area (Å²) in [6.45, 7) is 2.22. The number of hydrogen-bond donors (Lipinski definition) is 1. The van der Waals surface area contributed by atoms with Gasteiger partial charge in [0.1, 0.15) is 11.4 Å². The van der Waals surface area contributed by atoms with Crippen LogP contribution >= 0.6 is 0 Å². The van der Waals surface area contributed by atoms with Crippen LogP contribution in [0.2, 0.25) is 0 Å². The molecule has 1 aromatic carbocycles. The Labute approximate surface area is 90.6 Å². The summed E-state index contributed by atoms with van der Waals surface area (Å²) in [5.41, 5.74) is -0.102. The molecule has 0 aliphatic heterocycles. The summed E-state index contributed by atoms with van der Waals surface area (Å²) in [6, 6.07) is 7.43. The van der Waals surface area contributed by atoms with E-state index in [1.807, 2.05) is 31.2 Å². The molecular weight excluding hydrogens is 192 g/mol. The van der Waals surface area contributed by atoms with Crippen molar-refractivity contribution < 1.29 is 14.6 Å². The molecule has 1 aromatic rings. The van der Waals surface area contributed by atoms with Gasteiger partial charge in [0.2, 0.25) is 0 Å². The molecule has 0 spiro atoms. The Bertz CT molecular complexity index is 311. The van der Waals surface area contributed by atoms with Crippen LogP contribution in [0.25, 0.3) is 0 Å². The first-order valence-electron chi connectivity index (χ1n) is 5.02. The largest absolute Gasteiger partial charge is 0.497 e. The molecule has 0 aromatic heterocycles. The third kappa shape index (κ3) is 2.70. The van der Waals surface area contributed by atoms with Crippen molar-refractivity contribution in [1.82, 2.24) is 0 Å². The van der Waals surface area contributed by atoms with Crippen molar-refractivity contribution in [2.45, 2.75) is 18.9 Å². The minimum absolute atomic E-state index is 0.288. The van der Waals surface area contributed by atoms with Gasteiger partial charge < -0.3 is 14.6 Å².